The Kier molecular flexibility index (Phi) is 4.33. The summed E-state index contributed by atoms with van der Waals surface area (Å²) in [6, 6.07) is 13.9. The van der Waals surface area contributed by atoms with Crippen LogP contribution < -0.4 is 5.32 Å². The zero-order valence-corrected chi connectivity index (χ0v) is 13.4. The second-order valence-electron chi connectivity index (χ2n) is 6.85. The van der Waals surface area contributed by atoms with Crippen LogP contribution in [0.1, 0.15) is 42.9 Å². The molecule has 1 unspecified atom stereocenters. The molecule has 4 heteroatoms. The zero-order chi connectivity index (χ0) is 16.5. The minimum atomic E-state index is -0.298. The van der Waals surface area contributed by atoms with Gasteiger partial charge in [-0.3, -0.25) is 0 Å². The highest BCUT2D eigenvalue weighted by atomic mass is 19.1. The molecule has 2 fully saturated rings. The van der Waals surface area contributed by atoms with Crippen LogP contribution in [0.15, 0.2) is 48.5 Å². The standard InChI is InChI=1S/C20H21F2NO/c21-15-5-1-13(2-6-15)20(14-3-7-16(22)8-4-14)24-19-11-17-9-10-18(12-19)23-17/h1-8,17-20,23H,9-12H2/t17-,18+,19?. The highest BCUT2D eigenvalue weighted by molar-refractivity contribution is 5.30. The van der Waals surface area contributed by atoms with Crippen LogP contribution in [0.5, 0.6) is 0 Å². The van der Waals surface area contributed by atoms with Crippen molar-refractivity contribution in [2.24, 2.45) is 0 Å². The summed E-state index contributed by atoms with van der Waals surface area (Å²) in [7, 11) is 0. The Morgan fingerprint density at radius 3 is 1.71 bits per heavy atom. The van der Waals surface area contributed by atoms with Gasteiger partial charge >= 0.3 is 0 Å². The number of rotatable bonds is 4. The molecular formula is C20H21F2NO. The third-order valence-electron chi connectivity index (χ3n) is 5.10. The molecule has 2 aliphatic heterocycles. The summed E-state index contributed by atoms with van der Waals surface area (Å²) in [6.07, 6.45) is 4.28. The minimum absolute atomic E-state index is 0.170. The first kappa shape index (κ1) is 15.7. The molecule has 24 heavy (non-hydrogen) atoms. The lowest BCUT2D eigenvalue weighted by molar-refractivity contribution is -0.0182. The Morgan fingerprint density at radius 1 is 0.792 bits per heavy atom. The van der Waals surface area contributed by atoms with Gasteiger partial charge in [0.15, 0.2) is 0 Å². The van der Waals surface area contributed by atoms with Crippen LogP contribution in [-0.2, 0) is 4.74 Å². The molecule has 2 aliphatic rings. The normalized spacial score (nSPS) is 26.0. The van der Waals surface area contributed by atoms with Gasteiger partial charge < -0.3 is 10.1 Å². The first-order chi connectivity index (χ1) is 11.7. The van der Waals surface area contributed by atoms with Gasteiger partial charge in [-0.15, -0.1) is 0 Å². The first-order valence-corrected chi connectivity index (χ1v) is 8.60. The number of hydrogen-bond donors (Lipinski definition) is 1. The average molecular weight is 329 g/mol. The van der Waals surface area contributed by atoms with Crippen molar-refractivity contribution in [2.45, 2.75) is 50.0 Å². The monoisotopic (exact) mass is 329 g/mol. The minimum Gasteiger partial charge on any atom is -0.365 e. The highest BCUT2D eigenvalue weighted by Crippen LogP contribution is 2.34. The fourth-order valence-corrected chi connectivity index (χ4v) is 3.93. The van der Waals surface area contributed by atoms with Crippen molar-refractivity contribution in [1.29, 1.82) is 0 Å². The lowest BCUT2D eigenvalue weighted by Crippen LogP contribution is -2.41. The summed E-state index contributed by atoms with van der Waals surface area (Å²) in [5, 5.41) is 3.61. The zero-order valence-electron chi connectivity index (χ0n) is 13.4. The number of piperidine rings is 1. The van der Waals surface area contributed by atoms with E-state index in [2.05, 4.69) is 5.32 Å². The van der Waals surface area contributed by atoms with E-state index in [0.29, 0.717) is 12.1 Å². The number of nitrogens with one attached hydrogen (secondary N) is 1. The number of hydrogen-bond acceptors (Lipinski definition) is 2. The Labute approximate surface area is 140 Å². The van der Waals surface area contributed by atoms with Gasteiger partial charge in [0.1, 0.15) is 17.7 Å². The smallest absolute Gasteiger partial charge is 0.123 e. The van der Waals surface area contributed by atoms with E-state index in [-0.39, 0.29) is 23.8 Å². The van der Waals surface area contributed by atoms with Gasteiger partial charge in [-0.1, -0.05) is 24.3 Å². The topological polar surface area (TPSA) is 21.3 Å². The van der Waals surface area contributed by atoms with Gasteiger partial charge in [-0.25, -0.2) is 8.78 Å². The van der Waals surface area contributed by atoms with Crippen LogP contribution in [0.25, 0.3) is 0 Å². The van der Waals surface area contributed by atoms with Crippen LogP contribution in [0.4, 0.5) is 8.78 Å². The quantitative estimate of drug-likeness (QED) is 0.900. The molecule has 2 nitrogen and oxygen atoms in total. The molecule has 0 aliphatic carbocycles. The van der Waals surface area contributed by atoms with Crippen molar-refractivity contribution >= 4 is 0 Å². The summed E-state index contributed by atoms with van der Waals surface area (Å²) >= 11 is 0. The second-order valence-corrected chi connectivity index (χ2v) is 6.85. The summed E-state index contributed by atoms with van der Waals surface area (Å²) in [4.78, 5) is 0. The molecule has 2 heterocycles. The van der Waals surface area contributed by atoms with Gasteiger partial charge in [-0.05, 0) is 61.1 Å². The lowest BCUT2D eigenvalue weighted by atomic mass is 9.98. The SMILES string of the molecule is Fc1ccc(C(OC2C[C@H]3CC[C@@H](C2)N3)c2ccc(F)cc2)cc1. The summed E-state index contributed by atoms with van der Waals surface area (Å²) in [5.41, 5.74) is 1.79. The van der Waals surface area contributed by atoms with E-state index in [1.54, 1.807) is 24.3 Å². The van der Waals surface area contributed by atoms with Crippen LogP contribution >= 0.6 is 0 Å². The van der Waals surface area contributed by atoms with Crippen LogP contribution in [0, 0.1) is 11.6 Å². The molecule has 0 saturated carbocycles. The number of halogens is 2. The largest absolute Gasteiger partial charge is 0.365 e. The second kappa shape index (κ2) is 6.61. The molecule has 2 aromatic rings. The molecule has 2 bridgehead atoms. The van der Waals surface area contributed by atoms with Crippen LogP contribution in [0.3, 0.4) is 0 Å². The predicted octanol–water partition coefficient (Wildman–Crippen LogP) is 4.35. The lowest BCUT2D eigenvalue weighted by Gasteiger charge is -2.32. The maximum absolute atomic E-state index is 13.3. The third kappa shape index (κ3) is 3.35. The Morgan fingerprint density at radius 2 is 1.25 bits per heavy atom. The molecular weight excluding hydrogens is 308 g/mol. The molecule has 2 aromatic carbocycles. The van der Waals surface area contributed by atoms with Crippen molar-refractivity contribution in [2.75, 3.05) is 0 Å². The van der Waals surface area contributed by atoms with Crippen molar-refractivity contribution in [1.82, 2.24) is 5.32 Å². The molecule has 4 rings (SSSR count). The summed E-state index contributed by atoms with van der Waals surface area (Å²) in [6.45, 7) is 0. The molecule has 0 radical (unpaired) electrons. The third-order valence-corrected chi connectivity index (χ3v) is 5.10. The number of fused-ring (bicyclic) bond motifs is 2. The summed E-state index contributed by atoms with van der Waals surface area (Å²) < 4.78 is 33.0. The molecule has 1 N–H and O–H groups in total. The molecule has 3 atom stereocenters. The number of ether oxygens (including phenoxy) is 1. The van der Waals surface area contributed by atoms with E-state index >= 15 is 0 Å². The van der Waals surface area contributed by atoms with Gasteiger partial charge in [0.25, 0.3) is 0 Å². The van der Waals surface area contributed by atoms with E-state index < -0.39 is 0 Å². The fourth-order valence-electron chi connectivity index (χ4n) is 3.93. The van der Waals surface area contributed by atoms with E-state index in [1.165, 1.54) is 37.1 Å². The van der Waals surface area contributed by atoms with Crippen LogP contribution in [-0.4, -0.2) is 18.2 Å². The van der Waals surface area contributed by atoms with Gasteiger partial charge in [-0.2, -0.15) is 0 Å². The molecule has 126 valence electrons. The highest BCUT2D eigenvalue weighted by Gasteiger charge is 2.35. The first-order valence-electron chi connectivity index (χ1n) is 8.60. The van der Waals surface area contributed by atoms with E-state index in [0.717, 1.165) is 24.0 Å². The maximum Gasteiger partial charge on any atom is 0.123 e. The van der Waals surface area contributed by atoms with Crippen LogP contribution in [0.2, 0.25) is 0 Å². The average Bonchev–Trinajstić information content (AvgIpc) is 2.93. The van der Waals surface area contributed by atoms with Crippen molar-refractivity contribution in [3.63, 3.8) is 0 Å². The van der Waals surface area contributed by atoms with E-state index in [9.17, 15) is 8.78 Å². The Bertz CT molecular complexity index is 628. The van der Waals surface area contributed by atoms with Crippen molar-refractivity contribution in [3.8, 4) is 0 Å². The molecule has 0 spiro atoms. The van der Waals surface area contributed by atoms with E-state index in [4.69, 9.17) is 4.74 Å². The van der Waals surface area contributed by atoms with Gasteiger partial charge in [0, 0.05) is 12.1 Å². The predicted molar refractivity (Wildman–Crippen MR) is 88.7 cm³/mol. The summed E-state index contributed by atoms with van der Waals surface area (Å²) in [5.74, 6) is -0.534. The molecule has 0 amide bonds. The molecule has 0 aromatic heterocycles. The van der Waals surface area contributed by atoms with Gasteiger partial charge in [0.05, 0.1) is 6.10 Å². The van der Waals surface area contributed by atoms with Crippen molar-refractivity contribution < 1.29 is 13.5 Å². The number of benzene rings is 2. The molecule has 2 saturated heterocycles. The maximum atomic E-state index is 13.3. The van der Waals surface area contributed by atoms with E-state index in [1.807, 2.05) is 0 Å². The Balaban J connectivity index is 1.60. The van der Waals surface area contributed by atoms with Crippen molar-refractivity contribution in [3.05, 3.63) is 71.3 Å². The van der Waals surface area contributed by atoms with Gasteiger partial charge in [0.2, 0.25) is 0 Å². The fraction of sp³-hybridized carbons (Fsp3) is 0.400. The Hall–Kier alpha value is -1.78.